The Hall–Kier alpha value is -0.610. The van der Waals surface area contributed by atoms with Gasteiger partial charge in [-0.1, -0.05) is 0 Å². The summed E-state index contributed by atoms with van der Waals surface area (Å²) in [5, 5.41) is 10.6. The molecule has 0 heterocycles. The van der Waals surface area contributed by atoms with Crippen LogP contribution in [-0.2, 0) is 9.05 Å². The first kappa shape index (κ1) is 13.5. The van der Waals surface area contributed by atoms with E-state index in [1.165, 1.54) is 13.2 Å². The van der Waals surface area contributed by atoms with Crippen molar-refractivity contribution in [1.29, 1.82) is 0 Å². The van der Waals surface area contributed by atoms with E-state index >= 15 is 0 Å². The summed E-state index contributed by atoms with van der Waals surface area (Å²) >= 11 is 1.73. The van der Waals surface area contributed by atoms with Gasteiger partial charge in [-0.15, -0.1) is 0 Å². The molecule has 16 heavy (non-hydrogen) atoms. The molecule has 0 fully saturated rings. The first-order valence-electron chi connectivity index (χ1n) is 3.74. The molecule has 0 saturated heterocycles. The molecule has 0 atom stereocenters. The number of methoxy groups -OCH3 is 1. The summed E-state index contributed by atoms with van der Waals surface area (Å²) < 4.78 is 27.5. The van der Waals surface area contributed by atoms with E-state index in [0.717, 1.165) is 6.07 Å². The average Bonchev–Trinajstić information content (AvgIpc) is 2.14. The van der Waals surface area contributed by atoms with Crippen molar-refractivity contribution in [2.24, 2.45) is 0 Å². The SMILES string of the molecule is COc1c(I)cc([N+](=O)[O-])cc1S(=O)(=O)Cl. The van der Waals surface area contributed by atoms with Gasteiger partial charge in [-0.05, 0) is 22.6 Å². The van der Waals surface area contributed by atoms with Gasteiger partial charge in [0.1, 0.15) is 4.90 Å². The Kier molecular flexibility index (Phi) is 3.97. The van der Waals surface area contributed by atoms with Crippen LogP contribution in [0.25, 0.3) is 0 Å². The molecule has 0 amide bonds. The molecule has 0 N–H and O–H groups in total. The molecule has 0 radical (unpaired) electrons. The van der Waals surface area contributed by atoms with Gasteiger partial charge in [-0.2, -0.15) is 0 Å². The average molecular weight is 378 g/mol. The van der Waals surface area contributed by atoms with Gasteiger partial charge < -0.3 is 4.74 Å². The molecule has 0 aliphatic carbocycles. The molecular formula is C7H5ClINO5S. The third-order valence-electron chi connectivity index (χ3n) is 1.67. The smallest absolute Gasteiger partial charge is 0.272 e. The van der Waals surface area contributed by atoms with E-state index in [0.29, 0.717) is 3.57 Å². The number of hydrogen-bond donors (Lipinski definition) is 0. The second-order valence-electron chi connectivity index (χ2n) is 2.65. The number of non-ortho nitro benzene ring substituents is 1. The number of ether oxygens (including phenoxy) is 1. The zero-order valence-electron chi connectivity index (χ0n) is 7.81. The van der Waals surface area contributed by atoms with Gasteiger partial charge in [0.2, 0.25) is 0 Å². The van der Waals surface area contributed by atoms with Crippen molar-refractivity contribution in [3.63, 3.8) is 0 Å². The highest BCUT2D eigenvalue weighted by Crippen LogP contribution is 2.35. The molecule has 0 aliphatic heterocycles. The maximum absolute atomic E-state index is 11.2. The summed E-state index contributed by atoms with van der Waals surface area (Å²) in [5.41, 5.74) is -0.357. The summed E-state index contributed by atoms with van der Waals surface area (Å²) in [6.45, 7) is 0. The number of nitrogens with zero attached hydrogens (tertiary/aromatic N) is 1. The lowest BCUT2D eigenvalue weighted by Gasteiger charge is -2.07. The number of rotatable bonds is 3. The Morgan fingerprint density at radius 3 is 2.44 bits per heavy atom. The van der Waals surface area contributed by atoms with Crippen LogP contribution in [0.5, 0.6) is 5.75 Å². The van der Waals surface area contributed by atoms with Crippen molar-refractivity contribution < 1.29 is 18.1 Å². The molecule has 1 aromatic rings. The van der Waals surface area contributed by atoms with Crippen LogP contribution in [0.2, 0.25) is 0 Å². The number of halogens is 2. The fourth-order valence-electron chi connectivity index (χ4n) is 1.04. The van der Waals surface area contributed by atoms with Gasteiger partial charge in [-0.3, -0.25) is 10.1 Å². The summed E-state index contributed by atoms with van der Waals surface area (Å²) in [6.07, 6.45) is 0. The van der Waals surface area contributed by atoms with E-state index in [9.17, 15) is 18.5 Å². The summed E-state index contributed by atoms with van der Waals surface area (Å²) in [6, 6.07) is 2.06. The second kappa shape index (κ2) is 4.72. The molecular weight excluding hydrogens is 373 g/mol. The lowest BCUT2D eigenvalue weighted by Crippen LogP contribution is -2.00. The number of benzene rings is 1. The molecule has 9 heteroatoms. The molecule has 0 bridgehead atoms. The molecule has 1 rings (SSSR count). The molecule has 0 aromatic heterocycles. The van der Waals surface area contributed by atoms with Crippen LogP contribution < -0.4 is 4.74 Å². The van der Waals surface area contributed by atoms with Gasteiger partial charge in [0.25, 0.3) is 14.7 Å². The van der Waals surface area contributed by atoms with Crippen LogP contribution in [0, 0.1) is 13.7 Å². The maximum atomic E-state index is 11.2. The van der Waals surface area contributed by atoms with Gasteiger partial charge in [0.15, 0.2) is 5.75 Å². The Labute approximate surface area is 109 Å². The molecule has 0 unspecified atom stereocenters. The van der Waals surface area contributed by atoms with Crippen LogP contribution in [0.1, 0.15) is 0 Å². The summed E-state index contributed by atoms with van der Waals surface area (Å²) in [4.78, 5) is 9.45. The van der Waals surface area contributed by atoms with Gasteiger partial charge >= 0.3 is 0 Å². The predicted molar refractivity (Wildman–Crippen MR) is 65.4 cm³/mol. The number of nitro benzene ring substituents is 1. The van der Waals surface area contributed by atoms with Crippen molar-refractivity contribution in [3.05, 3.63) is 25.8 Å². The standard InChI is InChI=1S/C7H5ClINO5S/c1-15-7-5(9)2-4(10(11)12)3-6(7)16(8,13)14/h2-3H,1H3. The highest BCUT2D eigenvalue weighted by Gasteiger charge is 2.23. The highest BCUT2D eigenvalue weighted by molar-refractivity contribution is 14.1. The summed E-state index contributed by atoms with van der Waals surface area (Å²) in [5.74, 6) is 0.00111. The fourth-order valence-corrected chi connectivity index (χ4v) is 3.07. The molecule has 1 aromatic carbocycles. The quantitative estimate of drug-likeness (QED) is 0.349. The Balaban J connectivity index is 3.62. The second-order valence-corrected chi connectivity index (χ2v) is 6.35. The first-order chi connectivity index (χ1) is 7.27. The lowest BCUT2D eigenvalue weighted by molar-refractivity contribution is -0.385. The number of nitro groups is 1. The third-order valence-corrected chi connectivity index (χ3v) is 3.80. The Bertz CT molecular complexity index is 544. The van der Waals surface area contributed by atoms with Crippen molar-refractivity contribution in [1.82, 2.24) is 0 Å². The van der Waals surface area contributed by atoms with Gasteiger partial charge in [0, 0.05) is 22.8 Å². The van der Waals surface area contributed by atoms with E-state index < -0.39 is 18.9 Å². The molecule has 88 valence electrons. The molecule has 0 aliphatic rings. The maximum Gasteiger partial charge on any atom is 0.272 e. The number of hydrogen-bond acceptors (Lipinski definition) is 5. The van der Waals surface area contributed by atoms with Crippen molar-refractivity contribution in [2.45, 2.75) is 4.90 Å². The minimum Gasteiger partial charge on any atom is -0.494 e. The van der Waals surface area contributed by atoms with E-state index in [1.807, 2.05) is 0 Å². The molecule has 0 spiro atoms. The predicted octanol–water partition coefficient (Wildman–Crippen LogP) is 2.14. The minimum atomic E-state index is -4.09. The largest absolute Gasteiger partial charge is 0.494 e. The van der Waals surface area contributed by atoms with Crippen LogP contribution in [-0.4, -0.2) is 20.5 Å². The zero-order chi connectivity index (χ0) is 12.5. The van der Waals surface area contributed by atoms with E-state index in [1.54, 1.807) is 22.6 Å². The van der Waals surface area contributed by atoms with Crippen molar-refractivity contribution in [3.8, 4) is 5.75 Å². The van der Waals surface area contributed by atoms with Gasteiger partial charge in [-0.25, -0.2) is 8.42 Å². The topological polar surface area (TPSA) is 86.5 Å². The van der Waals surface area contributed by atoms with Crippen LogP contribution in [0.3, 0.4) is 0 Å². The summed E-state index contributed by atoms with van der Waals surface area (Å²) in [7, 11) is 2.33. The lowest BCUT2D eigenvalue weighted by atomic mass is 10.3. The van der Waals surface area contributed by atoms with E-state index in [2.05, 4.69) is 0 Å². The van der Waals surface area contributed by atoms with Crippen LogP contribution in [0.15, 0.2) is 17.0 Å². The molecule has 0 saturated carbocycles. The Morgan fingerprint density at radius 1 is 1.50 bits per heavy atom. The van der Waals surface area contributed by atoms with Crippen LogP contribution >= 0.6 is 33.3 Å². The first-order valence-corrected chi connectivity index (χ1v) is 7.12. The highest BCUT2D eigenvalue weighted by atomic mass is 127. The zero-order valence-corrected chi connectivity index (χ0v) is 11.5. The fraction of sp³-hybridized carbons (Fsp3) is 0.143. The minimum absolute atomic E-state index is 0.00111. The third kappa shape index (κ3) is 2.74. The van der Waals surface area contributed by atoms with E-state index in [-0.39, 0.29) is 11.4 Å². The normalized spacial score (nSPS) is 11.2. The van der Waals surface area contributed by atoms with E-state index in [4.69, 9.17) is 15.4 Å². The molecule has 6 nitrogen and oxygen atoms in total. The monoisotopic (exact) mass is 377 g/mol. The Morgan fingerprint density at radius 2 is 2.06 bits per heavy atom. The van der Waals surface area contributed by atoms with Crippen LogP contribution in [0.4, 0.5) is 5.69 Å². The van der Waals surface area contributed by atoms with Gasteiger partial charge in [0.05, 0.1) is 15.6 Å². The van der Waals surface area contributed by atoms with Crippen molar-refractivity contribution >= 4 is 48.0 Å². The van der Waals surface area contributed by atoms with Crippen molar-refractivity contribution in [2.75, 3.05) is 7.11 Å².